The van der Waals surface area contributed by atoms with Crippen LogP contribution in [0.5, 0.6) is 11.5 Å². The number of carbonyl (C=O) groups excluding carboxylic acids is 2. The maximum absolute atomic E-state index is 12.1. The molecule has 0 fully saturated rings. The zero-order valence-electron chi connectivity index (χ0n) is 15.0. The Labute approximate surface area is 161 Å². The Bertz CT molecular complexity index is 774. The van der Waals surface area contributed by atoms with Crippen LogP contribution in [0.15, 0.2) is 40.9 Å². The Kier molecular flexibility index (Phi) is 7.21. The summed E-state index contributed by atoms with van der Waals surface area (Å²) in [5, 5.41) is 2.79. The average molecular weight is 420 g/mol. The maximum atomic E-state index is 12.1. The molecule has 2 aromatic rings. The summed E-state index contributed by atoms with van der Waals surface area (Å²) in [7, 11) is 1.49. The van der Waals surface area contributed by atoms with Gasteiger partial charge in [-0.2, -0.15) is 0 Å². The molecule has 0 aliphatic carbocycles. The van der Waals surface area contributed by atoms with Crippen LogP contribution >= 0.6 is 15.9 Å². The lowest BCUT2D eigenvalue weighted by Crippen LogP contribution is -2.20. The molecule has 0 heterocycles. The van der Waals surface area contributed by atoms with Gasteiger partial charge in [-0.3, -0.25) is 9.59 Å². The number of hydrogen-bond acceptors (Lipinski definition) is 4. The second-order valence-electron chi connectivity index (χ2n) is 5.91. The topological polar surface area (TPSA) is 64.6 Å². The van der Waals surface area contributed by atoms with Gasteiger partial charge in [0, 0.05) is 15.7 Å². The number of methoxy groups -OCH3 is 1. The summed E-state index contributed by atoms with van der Waals surface area (Å²) in [5.74, 6) is 0.965. The van der Waals surface area contributed by atoms with Crippen LogP contribution in [-0.4, -0.2) is 25.9 Å². The lowest BCUT2D eigenvalue weighted by atomic mass is 9.99. The number of carbonyl (C=O) groups is 2. The monoisotopic (exact) mass is 419 g/mol. The largest absolute Gasteiger partial charge is 0.493 e. The Balaban J connectivity index is 1.99. The van der Waals surface area contributed by atoms with E-state index < -0.39 is 0 Å². The molecule has 2 rings (SSSR count). The minimum Gasteiger partial charge on any atom is -0.493 e. The molecule has 0 bridgehead atoms. The van der Waals surface area contributed by atoms with E-state index in [9.17, 15) is 9.59 Å². The van der Waals surface area contributed by atoms with Crippen molar-refractivity contribution >= 4 is 33.8 Å². The van der Waals surface area contributed by atoms with E-state index in [1.165, 1.54) is 18.7 Å². The minimum atomic E-state index is -0.293. The summed E-state index contributed by atoms with van der Waals surface area (Å²) in [5.41, 5.74) is 2.37. The number of halogens is 1. The molecule has 1 N–H and O–H groups in total. The van der Waals surface area contributed by atoms with Crippen molar-refractivity contribution in [1.29, 1.82) is 0 Å². The zero-order valence-corrected chi connectivity index (χ0v) is 16.6. The van der Waals surface area contributed by atoms with Crippen molar-refractivity contribution in [2.45, 2.75) is 26.2 Å². The second kappa shape index (κ2) is 9.38. The van der Waals surface area contributed by atoms with Crippen molar-refractivity contribution in [3.05, 3.63) is 52.0 Å². The first-order valence-electron chi connectivity index (χ1n) is 8.33. The number of benzene rings is 2. The molecular weight excluding hydrogens is 398 g/mol. The lowest BCUT2D eigenvalue weighted by Gasteiger charge is -2.13. The highest BCUT2D eigenvalue weighted by atomic mass is 79.9. The van der Waals surface area contributed by atoms with E-state index in [1.54, 1.807) is 6.07 Å². The fourth-order valence-corrected chi connectivity index (χ4v) is 2.80. The summed E-state index contributed by atoms with van der Waals surface area (Å²) >= 11 is 3.28. The number of hydrogen-bond donors (Lipinski definition) is 1. The third-order valence-electron chi connectivity index (χ3n) is 4.14. The van der Waals surface area contributed by atoms with Gasteiger partial charge in [0.25, 0.3) is 5.91 Å². The second-order valence-corrected chi connectivity index (χ2v) is 6.76. The van der Waals surface area contributed by atoms with Crippen molar-refractivity contribution in [1.82, 2.24) is 0 Å². The summed E-state index contributed by atoms with van der Waals surface area (Å²) in [6.45, 7) is 4.12. The van der Waals surface area contributed by atoms with Crippen LogP contribution in [-0.2, 0) is 4.79 Å². The van der Waals surface area contributed by atoms with E-state index in [0.29, 0.717) is 39.4 Å². The Morgan fingerprint density at radius 2 is 1.92 bits per heavy atom. The smallest absolute Gasteiger partial charge is 0.262 e. The van der Waals surface area contributed by atoms with Crippen molar-refractivity contribution < 1.29 is 19.1 Å². The quantitative estimate of drug-likeness (QED) is 0.623. The highest BCUT2D eigenvalue weighted by Crippen LogP contribution is 2.32. The van der Waals surface area contributed by atoms with Crippen molar-refractivity contribution in [3.63, 3.8) is 0 Å². The van der Waals surface area contributed by atoms with Crippen molar-refractivity contribution in [2.24, 2.45) is 0 Å². The molecule has 5 nitrogen and oxygen atoms in total. The number of ether oxygens (including phenoxy) is 2. The fraction of sp³-hybridized carbons (Fsp3) is 0.300. The first-order valence-corrected chi connectivity index (χ1v) is 9.13. The van der Waals surface area contributed by atoms with Crippen LogP contribution in [0.25, 0.3) is 0 Å². The van der Waals surface area contributed by atoms with E-state index >= 15 is 0 Å². The van der Waals surface area contributed by atoms with Crippen LogP contribution < -0.4 is 14.8 Å². The summed E-state index contributed by atoms with van der Waals surface area (Å²) in [6, 6.07) is 10.9. The van der Waals surface area contributed by atoms with Gasteiger partial charge in [-0.25, -0.2) is 0 Å². The number of nitrogens with one attached hydrogen (secondary N) is 1. The van der Waals surface area contributed by atoms with Crippen LogP contribution in [0.2, 0.25) is 0 Å². The first kappa shape index (κ1) is 20.0. The molecule has 0 radical (unpaired) electrons. The molecule has 0 aliphatic heterocycles. The van der Waals surface area contributed by atoms with Gasteiger partial charge in [0.2, 0.25) is 0 Å². The molecule has 6 heteroatoms. The van der Waals surface area contributed by atoms with E-state index in [4.69, 9.17) is 9.47 Å². The molecule has 26 heavy (non-hydrogen) atoms. The normalized spacial score (nSPS) is 11.5. The average Bonchev–Trinajstić information content (AvgIpc) is 2.66. The van der Waals surface area contributed by atoms with Gasteiger partial charge < -0.3 is 14.8 Å². The molecule has 0 aliphatic rings. The summed E-state index contributed by atoms with van der Waals surface area (Å²) in [6.07, 6.45) is 1.77. The fourth-order valence-electron chi connectivity index (χ4n) is 2.38. The van der Waals surface area contributed by atoms with Gasteiger partial charge >= 0.3 is 0 Å². The predicted molar refractivity (Wildman–Crippen MR) is 105 cm³/mol. The van der Waals surface area contributed by atoms with Crippen LogP contribution in [0, 0.1) is 0 Å². The van der Waals surface area contributed by atoms with E-state index in [-0.39, 0.29) is 12.5 Å². The molecule has 0 unspecified atom stereocenters. The Hall–Kier alpha value is -2.34. The Morgan fingerprint density at radius 1 is 1.23 bits per heavy atom. The van der Waals surface area contributed by atoms with Gasteiger partial charge in [-0.05, 0) is 58.1 Å². The van der Waals surface area contributed by atoms with Gasteiger partial charge in [0.15, 0.2) is 24.4 Å². The summed E-state index contributed by atoms with van der Waals surface area (Å²) in [4.78, 5) is 23.2. The third-order valence-corrected chi connectivity index (χ3v) is 4.83. The number of rotatable bonds is 8. The van der Waals surface area contributed by atoms with Crippen molar-refractivity contribution in [2.75, 3.05) is 19.0 Å². The predicted octanol–water partition coefficient (Wildman–Crippen LogP) is 4.80. The maximum Gasteiger partial charge on any atom is 0.262 e. The number of aldehydes is 1. The van der Waals surface area contributed by atoms with E-state index in [0.717, 1.165) is 6.42 Å². The molecular formula is C20H22BrNO4. The van der Waals surface area contributed by atoms with Crippen molar-refractivity contribution in [3.8, 4) is 11.5 Å². The van der Waals surface area contributed by atoms with Gasteiger partial charge in [0.05, 0.1) is 7.11 Å². The zero-order chi connectivity index (χ0) is 19.1. The molecule has 1 amide bonds. The standard InChI is InChI=1S/C20H22BrNO4/c1-4-13(2)14-5-7-16(8-6-14)22-20(24)12-26-19-9-15(11-23)17(21)10-18(19)25-3/h5-11,13H,4,12H2,1-3H3,(H,22,24)/t13-/m1/s1. The first-order chi connectivity index (χ1) is 12.5. The number of amides is 1. The van der Waals surface area contributed by atoms with Crippen LogP contribution in [0.1, 0.15) is 42.1 Å². The highest BCUT2D eigenvalue weighted by Gasteiger charge is 2.12. The van der Waals surface area contributed by atoms with E-state index in [1.807, 2.05) is 24.3 Å². The van der Waals surface area contributed by atoms with Crippen LogP contribution in [0.4, 0.5) is 5.69 Å². The molecule has 2 aromatic carbocycles. The molecule has 1 atom stereocenters. The molecule has 138 valence electrons. The number of anilines is 1. The van der Waals surface area contributed by atoms with Gasteiger partial charge in [0.1, 0.15) is 0 Å². The van der Waals surface area contributed by atoms with Crippen LogP contribution in [0.3, 0.4) is 0 Å². The summed E-state index contributed by atoms with van der Waals surface area (Å²) < 4.78 is 11.3. The van der Waals surface area contributed by atoms with E-state index in [2.05, 4.69) is 35.1 Å². The molecule has 0 spiro atoms. The minimum absolute atomic E-state index is 0.191. The SMILES string of the molecule is CC[C@@H](C)c1ccc(NC(=O)COc2cc(C=O)c(Br)cc2OC)cc1. The molecule has 0 aromatic heterocycles. The lowest BCUT2D eigenvalue weighted by molar-refractivity contribution is -0.118. The molecule has 0 saturated heterocycles. The van der Waals surface area contributed by atoms with Gasteiger partial charge in [-0.15, -0.1) is 0 Å². The third kappa shape index (κ3) is 5.08. The van der Waals surface area contributed by atoms with Gasteiger partial charge in [-0.1, -0.05) is 26.0 Å². The highest BCUT2D eigenvalue weighted by molar-refractivity contribution is 9.10. The molecule has 0 saturated carbocycles. The Morgan fingerprint density at radius 3 is 2.50 bits per heavy atom.